The van der Waals surface area contributed by atoms with Crippen LogP contribution in [0.5, 0.6) is 0 Å². The normalized spacial score (nSPS) is 13.2. The van der Waals surface area contributed by atoms with E-state index in [0.717, 1.165) is 24.9 Å². The first-order valence-corrected chi connectivity index (χ1v) is 5.90. The van der Waals surface area contributed by atoms with Gasteiger partial charge in [-0.2, -0.15) is 0 Å². The minimum Gasteiger partial charge on any atom is -0.331 e. The number of aromatic nitrogens is 2. The zero-order valence-corrected chi connectivity index (χ0v) is 9.98. The Morgan fingerprint density at radius 2 is 2.25 bits per heavy atom. The molecule has 1 atom stereocenters. The zero-order valence-electron chi connectivity index (χ0n) is 9.98. The van der Waals surface area contributed by atoms with Gasteiger partial charge in [-0.15, -0.1) is 0 Å². The third kappa shape index (κ3) is 2.25. The SMILES string of the molecule is CCn1cnc2cc(CCC(C)N)ccc21. The fraction of sp³-hybridized carbons (Fsp3) is 0.462. The van der Waals surface area contributed by atoms with Gasteiger partial charge in [0.2, 0.25) is 0 Å². The minimum absolute atomic E-state index is 0.267. The van der Waals surface area contributed by atoms with Crippen molar-refractivity contribution in [2.24, 2.45) is 5.73 Å². The molecule has 2 rings (SSSR count). The molecule has 3 nitrogen and oxygen atoms in total. The Bertz CT molecular complexity index is 471. The van der Waals surface area contributed by atoms with E-state index in [1.807, 2.05) is 13.3 Å². The molecule has 1 aromatic carbocycles. The highest BCUT2D eigenvalue weighted by Crippen LogP contribution is 2.16. The fourth-order valence-corrected chi connectivity index (χ4v) is 1.91. The van der Waals surface area contributed by atoms with E-state index in [2.05, 4.69) is 34.7 Å². The van der Waals surface area contributed by atoms with Crippen molar-refractivity contribution in [2.75, 3.05) is 0 Å². The topological polar surface area (TPSA) is 43.8 Å². The highest BCUT2D eigenvalue weighted by Gasteiger charge is 2.03. The predicted molar refractivity (Wildman–Crippen MR) is 67.4 cm³/mol. The summed E-state index contributed by atoms with van der Waals surface area (Å²) in [6.45, 7) is 5.14. The lowest BCUT2D eigenvalue weighted by Gasteiger charge is -2.05. The summed E-state index contributed by atoms with van der Waals surface area (Å²) in [5, 5.41) is 0. The number of rotatable bonds is 4. The van der Waals surface area contributed by atoms with Gasteiger partial charge in [0.25, 0.3) is 0 Å². The molecule has 0 fully saturated rings. The molecule has 0 spiro atoms. The van der Waals surface area contributed by atoms with Gasteiger partial charge in [0.05, 0.1) is 17.4 Å². The number of nitrogens with zero attached hydrogens (tertiary/aromatic N) is 2. The van der Waals surface area contributed by atoms with Crippen LogP contribution in [0.15, 0.2) is 24.5 Å². The monoisotopic (exact) mass is 217 g/mol. The van der Waals surface area contributed by atoms with Gasteiger partial charge in [-0.05, 0) is 44.4 Å². The van der Waals surface area contributed by atoms with Gasteiger partial charge < -0.3 is 10.3 Å². The third-order valence-corrected chi connectivity index (χ3v) is 2.91. The molecule has 0 aliphatic rings. The summed E-state index contributed by atoms with van der Waals surface area (Å²) in [5.74, 6) is 0. The molecule has 1 unspecified atom stereocenters. The van der Waals surface area contributed by atoms with Gasteiger partial charge in [0, 0.05) is 12.6 Å². The molecule has 3 heteroatoms. The van der Waals surface area contributed by atoms with Gasteiger partial charge in [0.15, 0.2) is 0 Å². The number of benzene rings is 1. The lowest BCUT2D eigenvalue weighted by atomic mass is 10.1. The van der Waals surface area contributed by atoms with Crippen LogP contribution < -0.4 is 5.73 Å². The third-order valence-electron chi connectivity index (χ3n) is 2.91. The molecule has 0 radical (unpaired) electrons. The van der Waals surface area contributed by atoms with Crippen molar-refractivity contribution in [2.45, 2.75) is 39.3 Å². The average Bonchev–Trinajstić information content (AvgIpc) is 2.68. The van der Waals surface area contributed by atoms with Crippen LogP contribution in [-0.4, -0.2) is 15.6 Å². The van der Waals surface area contributed by atoms with Crippen LogP contribution in [-0.2, 0) is 13.0 Å². The van der Waals surface area contributed by atoms with Gasteiger partial charge in [-0.1, -0.05) is 6.07 Å². The van der Waals surface area contributed by atoms with Gasteiger partial charge >= 0.3 is 0 Å². The molecular weight excluding hydrogens is 198 g/mol. The molecule has 1 heterocycles. The summed E-state index contributed by atoms with van der Waals surface area (Å²) < 4.78 is 2.16. The molecule has 0 saturated heterocycles. The van der Waals surface area contributed by atoms with Crippen LogP contribution in [0.3, 0.4) is 0 Å². The second-order valence-electron chi connectivity index (χ2n) is 4.37. The molecule has 2 aromatic rings. The van der Waals surface area contributed by atoms with Crippen molar-refractivity contribution in [1.82, 2.24) is 9.55 Å². The van der Waals surface area contributed by atoms with E-state index in [1.54, 1.807) is 0 Å². The summed E-state index contributed by atoms with van der Waals surface area (Å²) >= 11 is 0. The second kappa shape index (κ2) is 4.66. The summed E-state index contributed by atoms with van der Waals surface area (Å²) in [5.41, 5.74) is 9.39. The lowest BCUT2D eigenvalue weighted by molar-refractivity contribution is 0.666. The first-order valence-electron chi connectivity index (χ1n) is 5.90. The van der Waals surface area contributed by atoms with E-state index < -0.39 is 0 Å². The molecule has 1 aromatic heterocycles. The lowest BCUT2D eigenvalue weighted by Crippen LogP contribution is -2.15. The van der Waals surface area contributed by atoms with Gasteiger partial charge in [0.1, 0.15) is 0 Å². The minimum atomic E-state index is 0.267. The Kier molecular flexibility index (Phi) is 3.25. The van der Waals surface area contributed by atoms with E-state index in [0.29, 0.717) is 0 Å². The maximum Gasteiger partial charge on any atom is 0.0958 e. The summed E-state index contributed by atoms with van der Waals surface area (Å²) in [6, 6.07) is 6.77. The number of hydrogen-bond acceptors (Lipinski definition) is 2. The Morgan fingerprint density at radius 3 is 2.94 bits per heavy atom. The molecule has 16 heavy (non-hydrogen) atoms. The average molecular weight is 217 g/mol. The van der Waals surface area contributed by atoms with Crippen molar-refractivity contribution in [3.8, 4) is 0 Å². The smallest absolute Gasteiger partial charge is 0.0958 e. The number of nitrogens with two attached hydrogens (primary N) is 1. The maximum atomic E-state index is 5.76. The fourth-order valence-electron chi connectivity index (χ4n) is 1.91. The van der Waals surface area contributed by atoms with Crippen LogP contribution in [0.2, 0.25) is 0 Å². The largest absolute Gasteiger partial charge is 0.331 e. The molecule has 86 valence electrons. The van der Waals surface area contributed by atoms with E-state index in [-0.39, 0.29) is 6.04 Å². The number of aryl methyl sites for hydroxylation is 2. The summed E-state index contributed by atoms with van der Waals surface area (Å²) in [6.07, 6.45) is 3.96. The highest BCUT2D eigenvalue weighted by atomic mass is 15.0. The Labute approximate surface area is 96.3 Å². The van der Waals surface area contributed by atoms with Crippen LogP contribution in [0, 0.1) is 0 Å². The molecular formula is C13H19N3. The highest BCUT2D eigenvalue weighted by molar-refractivity contribution is 5.76. The molecule has 0 bridgehead atoms. The van der Waals surface area contributed by atoms with Crippen LogP contribution in [0.4, 0.5) is 0 Å². The number of fused-ring (bicyclic) bond motifs is 1. The van der Waals surface area contributed by atoms with Crippen molar-refractivity contribution in [1.29, 1.82) is 0 Å². The van der Waals surface area contributed by atoms with Crippen LogP contribution in [0.1, 0.15) is 25.8 Å². The standard InChI is InChI=1S/C13H19N3/c1-3-16-9-15-12-8-11(5-4-10(2)14)6-7-13(12)16/h6-10H,3-5,14H2,1-2H3. The van der Waals surface area contributed by atoms with Crippen molar-refractivity contribution < 1.29 is 0 Å². The van der Waals surface area contributed by atoms with E-state index in [9.17, 15) is 0 Å². The van der Waals surface area contributed by atoms with Gasteiger partial charge in [-0.3, -0.25) is 0 Å². The van der Waals surface area contributed by atoms with E-state index >= 15 is 0 Å². The molecule has 0 aliphatic heterocycles. The van der Waals surface area contributed by atoms with Crippen molar-refractivity contribution in [3.63, 3.8) is 0 Å². The molecule has 0 saturated carbocycles. The Morgan fingerprint density at radius 1 is 1.44 bits per heavy atom. The van der Waals surface area contributed by atoms with Crippen LogP contribution in [0.25, 0.3) is 11.0 Å². The van der Waals surface area contributed by atoms with Crippen molar-refractivity contribution >= 4 is 11.0 Å². The summed E-state index contributed by atoms with van der Waals surface area (Å²) in [7, 11) is 0. The quantitative estimate of drug-likeness (QED) is 0.854. The summed E-state index contributed by atoms with van der Waals surface area (Å²) in [4.78, 5) is 4.41. The number of hydrogen-bond donors (Lipinski definition) is 1. The van der Waals surface area contributed by atoms with Gasteiger partial charge in [-0.25, -0.2) is 4.98 Å². The number of imidazole rings is 1. The molecule has 0 aliphatic carbocycles. The van der Waals surface area contributed by atoms with E-state index in [1.165, 1.54) is 11.1 Å². The predicted octanol–water partition coefficient (Wildman–Crippen LogP) is 2.34. The zero-order chi connectivity index (χ0) is 11.5. The second-order valence-corrected chi connectivity index (χ2v) is 4.37. The first kappa shape index (κ1) is 11.1. The Hall–Kier alpha value is -1.35. The molecule has 0 amide bonds. The Balaban J connectivity index is 2.24. The van der Waals surface area contributed by atoms with Crippen molar-refractivity contribution in [3.05, 3.63) is 30.1 Å². The first-order chi connectivity index (χ1) is 7.70. The molecule has 2 N–H and O–H groups in total. The van der Waals surface area contributed by atoms with Crippen LogP contribution >= 0.6 is 0 Å². The van der Waals surface area contributed by atoms with E-state index in [4.69, 9.17) is 5.73 Å². The maximum absolute atomic E-state index is 5.76.